The summed E-state index contributed by atoms with van der Waals surface area (Å²) in [6.07, 6.45) is 8.35. The molecule has 1 fully saturated rings. The number of rotatable bonds is 13. The quantitative estimate of drug-likeness (QED) is 0.127. The van der Waals surface area contributed by atoms with Crippen molar-refractivity contribution in [2.45, 2.75) is 98.1 Å². The molecule has 1 aromatic heterocycles. The number of nitriles is 1. The molecule has 1 unspecified atom stereocenters. The monoisotopic (exact) mass is 636 g/mol. The molecule has 250 valence electrons. The van der Waals surface area contributed by atoms with E-state index in [1.807, 2.05) is 58.4 Å². The van der Waals surface area contributed by atoms with Gasteiger partial charge in [0.25, 0.3) is 5.92 Å². The second-order valence-corrected chi connectivity index (χ2v) is 12.4. The SMILES string of the molecule is C/C=C(\C(C(CCCCc1cccc(C#N)c1)=NCC)=C(\C)N1CCN(C(=O)OC(C)(C)C(F)(F)CC)CC1C)c1cnn(C)c1. The van der Waals surface area contributed by atoms with E-state index in [0.29, 0.717) is 31.7 Å². The summed E-state index contributed by atoms with van der Waals surface area (Å²) in [7, 11) is 1.90. The standard InChI is InChI=1S/C36H50F2N6O2/c1-9-31(30-23-41-42(8)25-30)33(32(40-11-3)18-13-12-15-28-16-14-17-29(21-28)22-39)27(5)44-20-19-43(24-26(44)4)34(45)46-35(6,7)36(37,38)10-2/h9,14,16-17,21,23,25-26H,10-13,15,18-20,24H2,1-8H3/b31-9-,33-27+,40-32?. The third-order valence-electron chi connectivity index (χ3n) is 8.74. The van der Waals surface area contributed by atoms with Gasteiger partial charge in [-0.05, 0) is 90.5 Å². The summed E-state index contributed by atoms with van der Waals surface area (Å²) < 4.78 is 36.1. The number of allylic oxidation sites excluding steroid dienone is 4. The Balaban J connectivity index is 1.88. The summed E-state index contributed by atoms with van der Waals surface area (Å²) >= 11 is 0. The van der Waals surface area contributed by atoms with Gasteiger partial charge in [-0.15, -0.1) is 0 Å². The van der Waals surface area contributed by atoms with Crippen molar-refractivity contribution in [1.29, 1.82) is 5.26 Å². The number of nitrogens with zero attached hydrogens (tertiary/aromatic N) is 6. The highest BCUT2D eigenvalue weighted by atomic mass is 19.3. The number of alkyl halides is 2. The molecule has 1 amide bonds. The first-order valence-corrected chi connectivity index (χ1v) is 16.3. The Hall–Kier alpha value is -4.00. The van der Waals surface area contributed by atoms with E-state index < -0.39 is 24.0 Å². The third kappa shape index (κ3) is 8.83. The van der Waals surface area contributed by atoms with E-state index >= 15 is 0 Å². The zero-order valence-electron chi connectivity index (χ0n) is 28.7. The van der Waals surface area contributed by atoms with Gasteiger partial charge in [0.1, 0.15) is 0 Å². The van der Waals surface area contributed by atoms with Crippen LogP contribution in [0.1, 0.15) is 90.8 Å². The molecule has 1 atom stereocenters. The van der Waals surface area contributed by atoms with Crippen molar-refractivity contribution < 1.29 is 18.3 Å². The van der Waals surface area contributed by atoms with Gasteiger partial charge < -0.3 is 14.5 Å². The predicted molar refractivity (Wildman–Crippen MR) is 180 cm³/mol. The molecule has 0 N–H and O–H groups in total. The van der Waals surface area contributed by atoms with E-state index in [2.05, 4.69) is 35.1 Å². The lowest BCUT2D eigenvalue weighted by Crippen LogP contribution is -2.55. The van der Waals surface area contributed by atoms with Crippen LogP contribution in [-0.4, -0.2) is 75.1 Å². The number of unbranched alkanes of at least 4 members (excludes halogenated alkanes) is 1. The van der Waals surface area contributed by atoms with Gasteiger partial charge >= 0.3 is 6.09 Å². The summed E-state index contributed by atoms with van der Waals surface area (Å²) in [6, 6.07) is 9.88. The molecule has 0 bridgehead atoms. The fraction of sp³-hybridized carbons (Fsp3) is 0.556. The van der Waals surface area contributed by atoms with Crippen LogP contribution in [0.3, 0.4) is 0 Å². The van der Waals surface area contributed by atoms with Crippen molar-refractivity contribution >= 4 is 17.4 Å². The van der Waals surface area contributed by atoms with E-state index in [9.17, 15) is 18.8 Å². The van der Waals surface area contributed by atoms with Crippen LogP contribution in [0.4, 0.5) is 13.6 Å². The number of carbonyl (C=O) groups excluding carboxylic acids is 1. The predicted octanol–water partition coefficient (Wildman–Crippen LogP) is 7.81. The number of aromatic nitrogens is 2. The van der Waals surface area contributed by atoms with Crippen LogP contribution in [0.2, 0.25) is 0 Å². The molecule has 1 aliphatic heterocycles. The van der Waals surface area contributed by atoms with Crippen molar-refractivity contribution in [3.05, 3.63) is 70.7 Å². The molecule has 0 spiro atoms. The average Bonchev–Trinajstić information content (AvgIpc) is 3.46. The van der Waals surface area contributed by atoms with Crippen LogP contribution in [0.5, 0.6) is 0 Å². The second-order valence-electron chi connectivity index (χ2n) is 12.4. The first kappa shape index (κ1) is 36.5. The van der Waals surface area contributed by atoms with E-state index in [1.54, 1.807) is 4.68 Å². The Morgan fingerprint density at radius 3 is 2.57 bits per heavy atom. The maximum Gasteiger partial charge on any atom is 0.410 e. The maximum absolute atomic E-state index is 14.5. The highest BCUT2D eigenvalue weighted by Gasteiger charge is 2.49. The van der Waals surface area contributed by atoms with Crippen molar-refractivity contribution in [1.82, 2.24) is 19.6 Å². The number of hydrogen-bond acceptors (Lipinski definition) is 6. The molecule has 2 aromatic rings. The molecule has 10 heteroatoms. The zero-order valence-corrected chi connectivity index (χ0v) is 28.7. The number of aryl methyl sites for hydroxylation is 2. The highest BCUT2D eigenvalue weighted by Crippen LogP contribution is 2.36. The molecule has 0 aliphatic carbocycles. The molecular weight excluding hydrogens is 586 g/mol. The number of ether oxygens (including phenoxy) is 1. The number of benzene rings is 1. The molecular formula is C36H50F2N6O2. The first-order chi connectivity index (χ1) is 21.8. The summed E-state index contributed by atoms with van der Waals surface area (Å²) in [6.45, 7) is 14.0. The third-order valence-corrected chi connectivity index (χ3v) is 8.74. The lowest BCUT2D eigenvalue weighted by atomic mass is 9.90. The van der Waals surface area contributed by atoms with Gasteiger partial charge in [-0.3, -0.25) is 9.67 Å². The van der Waals surface area contributed by atoms with Gasteiger partial charge in [-0.2, -0.15) is 10.4 Å². The largest absolute Gasteiger partial charge is 0.437 e. The fourth-order valence-electron chi connectivity index (χ4n) is 6.02. The van der Waals surface area contributed by atoms with Crippen molar-refractivity contribution in [3.63, 3.8) is 0 Å². The van der Waals surface area contributed by atoms with Crippen LogP contribution < -0.4 is 0 Å². The maximum atomic E-state index is 14.5. The van der Waals surface area contributed by atoms with Crippen LogP contribution in [0.25, 0.3) is 5.57 Å². The smallest absolute Gasteiger partial charge is 0.410 e. The lowest BCUT2D eigenvalue weighted by Gasteiger charge is -2.43. The molecule has 1 aromatic carbocycles. The van der Waals surface area contributed by atoms with Crippen LogP contribution in [-0.2, 0) is 18.2 Å². The van der Waals surface area contributed by atoms with Gasteiger partial charge in [0.05, 0.1) is 17.8 Å². The molecule has 2 heterocycles. The second kappa shape index (κ2) is 16.0. The topological polar surface area (TPSA) is 86.8 Å². The molecule has 1 saturated heterocycles. The fourth-order valence-corrected chi connectivity index (χ4v) is 6.02. The molecule has 0 radical (unpaired) electrons. The number of carbonyl (C=O) groups is 1. The normalized spacial score (nSPS) is 17.1. The summed E-state index contributed by atoms with van der Waals surface area (Å²) in [5.74, 6) is -3.13. The Morgan fingerprint density at radius 1 is 1.24 bits per heavy atom. The Labute approximate surface area is 273 Å². The number of halogens is 2. The summed E-state index contributed by atoms with van der Waals surface area (Å²) in [5, 5.41) is 13.7. The highest BCUT2D eigenvalue weighted by molar-refractivity contribution is 6.13. The molecule has 8 nitrogen and oxygen atoms in total. The lowest BCUT2D eigenvalue weighted by molar-refractivity contribution is -0.169. The molecule has 1 aliphatic rings. The van der Waals surface area contributed by atoms with Crippen LogP contribution >= 0.6 is 0 Å². The molecule has 3 rings (SSSR count). The zero-order chi connectivity index (χ0) is 34.1. The Bertz CT molecular complexity index is 1480. The van der Waals surface area contributed by atoms with E-state index in [-0.39, 0.29) is 6.04 Å². The Kier molecular flexibility index (Phi) is 12.7. The number of piperazine rings is 1. The van der Waals surface area contributed by atoms with Crippen LogP contribution in [0, 0.1) is 11.3 Å². The molecule has 0 saturated carbocycles. The number of amides is 1. The number of aliphatic imine (C=N–C) groups is 1. The van der Waals surface area contributed by atoms with E-state index in [0.717, 1.165) is 59.4 Å². The number of hydrogen-bond donors (Lipinski definition) is 0. The van der Waals surface area contributed by atoms with Crippen molar-refractivity contribution in [3.8, 4) is 6.07 Å². The molecule has 46 heavy (non-hydrogen) atoms. The summed E-state index contributed by atoms with van der Waals surface area (Å²) in [4.78, 5) is 21.9. The van der Waals surface area contributed by atoms with Gasteiger partial charge in [0.2, 0.25) is 0 Å². The summed E-state index contributed by atoms with van der Waals surface area (Å²) in [5.41, 5.74) is 5.06. The van der Waals surface area contributed by atoms with Gasteiger partial charge in [0.15, 0.2) is 5.60 Å². The van der Waals surface area contributed by atoms with Crippen molar-refractivity contribution in [2.75, 3.05) is 26.2 Å². The minimum absolute atomic E-state index is 0.0895. The minimum atomic E-state index is -3.13. The van der Waals surface area contributed by atoms with Crippen molar-refractivity contribution in [2.24, 2.45) is 12.0 Å². The average molecular weight is 637 g/mol. The first-order valence-electron chi connectivity index (χ1n) is 16.3. The van der Waals surface area contributed by atoms with Gasteiger partial charge in [-0.25, -0.2) is 13.6 Å². The van der Waals surface area contributed by atoms with Crippen LogP contribution in [0.15, 0.2) is 59.0 Å². The van der Waals surface area contributed by atoms with E-state index in [4.69, 9.17) is 9.73 Å². The Morgan fingerprint density at radius 2 is 1.98 bits per heavy atom. The van der Waals surface area contributed by atoms with Gasteiger partial charge in [0, 0.05) is 74.4 Å². The minimum Gasteiger partial charge on any atom is -0.437 e. The van der Waals surface area contributed by atoms with E-state index in [1.165, 1.54) is 25.7 Å². The van der Waals surface area contributed by atoms with Gasteiger partial charge in [-0.1, -0.05) is 25.1 Å².